The fourth-order valence-corrected chi connectivity index (χ4v) is 0.149. The first-order valence-electron chi connectivity index (χ1n) is 1.67. The van der Waals surface area contributed by atoms with Crippen molar-refractivity contribution in [1.82, 2.24) is 4.67 Å². The fraction of sp³-hybridized carbons (Fsp3) is 0.500. The molecule has 0 spiro atoms. The molecule has 36 valence electrons. The Morgan fingerprint density at radius 2 is 1.50 bits per heavy atom. The summed E-state index contributed by atoms with van der Waals surface area (Å²) in [5.74, 6) is 0. The molecule has 0 saturated carbocycles. The van der Waals surface area contributed by atoms with Crippen LogP contribution in [0, 0.1) is 0 Å². The zero-order valence-corrected chi connectivity index (χ0v) is 4.74. The lowest BCUT2D eigenvalue weighted by molar-refractivity contribution is -0.00000130. The maximum Gasteiger partial charge on any atom is 0.265 e. The second kappa shape index (κ2) is 8.83. The molecule has 0 heterocycles. The second-order valence-corrected chi connectivity index (χ2v) is 0.665. The molecule has 6 heavy (non-hydrogen) atoms. The zero-order valence-electron chi connectivity index (χ0n) is 3.98. The van der Waals surface area contributed by atoms with Crippen LogP contribution in [0.2, 0.25) is 0 Å². The van der Waals surface area contributed by atoms with Crippen LogP contribution in [0.25, 0.3) is 0 Å². The predicted molar refractivity (Wildman–Crippen MR) is 25.6 cm³/mol. The molecule has 0 aliphatic heterocycles. The van der Waals surface area contributed by atoms with E-state index in [1.165, 1.54) is 0 Å². The van der Waals surface area contributed by atoms with E-state index in [-0.39, 0.29) is 12.4 Å². The predicted octanol–water partition coefficient (Wildman–Crippen LogP) is -2.76. The maximum absolute atomic E-state index is 3.72. The Morgan fingerprint density at radius 1 is 1.17 bits per heavy atom. The van der Waals surface area contributed by atoms with Gasteiger partial charge in [0.05, 0.1) is 0 Å². The SMILES string of the molecule is CC=[N+]=CC.[Cl-]. The monoisotopic (exact) mass is 105 g/mol. The van der Waals surface area contributed by atoms with E-state index in [0.717, 1.165) is 0 Å². The highest BCUT2D eigenvalue weighted by Gasteiger charge is 1.54. The van der Waals surface area contributed by atoms with Crippen LogP contribution in [0.1, 0.15) is 13.8 Å². The van der Waals surface area contributed by atoms with Crippen LogP contribution < -0.4 is 17.1 Å². The quantitative estimate of drug-likeness (QED) is 0.234. The minimum absolute atomic E-state index is 0. The molecule has 0 aromatic heterocycles. The second-order valence-electron chi connectivity index (χ2n) is 0.665. The zero-order chi connectivity index (χ0) is 4.12. The van der Waals surface area contributed by atoms with Crippen molar-refractivity contribution in [2.24, 2.45) is 0 Å². The van der Waals surface area contributed by atoms with E-state index in [1.807, 2.05) is 13.8 Å². The number of nitrogens with zero attached hydrogens (tertiary/aromatic N) is 1. The highest BCUT2D eigenvalue weighted by Crippen LogP contribution is 1.23. The van der Waals surface area contributed by atoms with Crippen molar-refractivity contribution in [3.05, 3.63) is 0 Å². The normalized spacial score (nSPS) is 4.33. The van der Waals surface area contributed by atoms with Crippen LogP contribution in [-0.2, 0) is 0 Å². The molecule has 0 aliphatic rings. The van der Waals surface area contributed by atoms with Gasteiger partial charge in [-0.15, -0.1) is 4.67 Å². The number of halogens is 1. The van der Waals surface area contributed by atoms with Crippen LogP contribution in [0.5, 0.6) is 0 Å². The van der Waals surface area contributed by atoms with E-state index in [9.17, 15) is 0 Å². The van der Waals surface area contributed by atoms with Gasteiger partial charge in [0.2, 0.25) is 0 Å². The molecule has 0 rings (SSSR count). The Kier molecular flexibility index (Phi) is 13.6. The van der Waals surface area contributed by atoms with Gasteiger partial charge in [-0.25, -0.2) is 0 Å². The first-order chi connectivity index (χ1) is 2.41. The van der Waals surface area contributed by atoms with Crippen LogP contribution in [0.3, 0.4) is 0 Å². The van der Waals surface area contributed by atoms with Crippen molar-refractivity contribution in [2.75, 3.05) is 0 Å². The van der Waals surface area contributed by atoms with E-state index < -0.39 is 0 Å². The molecule has 0 N–H and O–H groups in total. The summed E-state index contributed by atoms with van der Waals surface area (Å²) in [4.78, 5) is 0. The Hall–Kier alpha value is -0.260. The highest BCUT2D eigenvalue weighted by atomic mass is 35.5. The molecule has 0 unspecified atom stereocenters. The molecule has 0 radical (unpaired) electrons. The van der Waals surface area contributed by atoms with Gasteiger partial charge in [0.15, 0.2) is 0 Å². The van der Waals surface area contributed by atoms with Crippen molar-refractivity contribution in [2.45, 2.75) is 13.8 Å². The lowest BCUT2D eigenvalue weighted by Crippen LogP contribution is -3.00. The minimum Gasteiger partial charge on any atom is -1.00 e. The summed E-state index contributed by atoms with van der Waals surface area (Å²) >= 11 is 0. The Morgan fingerprint density at radius 3 is 1.50 bits per heavy atom. The molecule has 1 nitrogen and oxygen atoms in total. The standard InChI is InChI=1S/C4H8N.ClH/c1-3-5-4-2;/h3-4H,1-2H3;1H/q+1;/p-1. The van der Waals surface area contributed by atoms with E-state index in [0.29, 0.717) is 0 Å². The van der Waals surface area contributed by atoms with Crippen LogP contribution in [0.15, 0.2) is 0 Å². The topological polar surface area (TPSA) is 14.1 Å². The third-order valence-electron chi connectivity index (χ3n) is 0.298. The van der Waals surface area contributed by atoms with E-state index in [4.69, 9.17) is 0 Å². The molecule has 2 heteroatoms. The van der Waals surface area contributed by atoms with Gasteiger partial charge in [-0.3, -0.25) is 0 Å². The molecule has 0 atom stereocenters. The average Bonchev–Trinajstić information content (AvgIpc) is 1.41. The van der Waals surface area contributed by atoms with Gasteiger partial charge >= 0.3 is 0 Å². The number of rotatable bonds is 0. The fourth-order valence-electron chi connectivity index (χ4n) is 0.149. The molecular formula is C4H8ClN. The maximum atomic E-state index is 3.72. The summed E-state index contributed by atoms with van der Waals surface area (Å²) < 4.78 is 3.72. The Labute approximate surface area is 44.2 Å². The summed E-state index contributed by atoms with van der Waals surface area (Å²) in [5.41, 5.74) is 0. The van der Waals surface area contributed by atoms with E-state index >= 15 is 0 Å². The third kappa shape index (κ3) is 9.27. The van der Waals surface area contributed by atoms with Crippen LogP contribution in [0.4, 0.5) is 0 Å². The Balaban J connectivity index is 0. The largest absolute Gasteiger partial charge is 1.00 e. The summed E-state index contributed by atoms with van der Waals surface area (Å²) in [6.07, 6.45) is 3.50. The van der Waals surface area contributed by atoms with Gasteiger partial charge < -0.3 is 12.4 Å². The first-order valence-corrected chi connectivity index (χ1v) is 1.67. The smallest absolute Gasteiger partial charge is 0.265 e. The Bertz CT molecular complexity index is 55.9. The summed E-state index contributed by atoms with van der Waals surface area (Å²) in [5, 5.41) is 0. The van der Waals surface area contributed by atoms with Gasteiger partial charge in [-0.05, 0) is 0 Å². The first kappa shape index (κ1) is 9.22. The summed E-state index contributed by atoms with van der Waals surface area (Å²) in [7, 11) is 0. The molecular weight excluding hydrogens is 97.5 g/mol. The summed E-state index contributed by atoms with van der Waals surface area (Å²) in [6.45, 7) is 3.78. The van der Waals surface area contributed by atoms with Gasteiger partial charge in [-0.2, -0.15) is 0 Å². The lowest BCUT2D eigenvalue weighted by atomic mass is 10.8. The van der Waals surface area contributed by atoms with Gasteiger partial charge in [0.25, 0.3) is 12.4 Å². The van der Waals surface area contributed by atoms with Crippen molar-refractivity contribution in [3.8, 4) is 0 Å². The van der Waals surface area contributed by atoms with Crippen LogP contribution >= 0.6 is 0 Å². The molecule has 0 fully saturated rings. The van der Waals surface area contributed by atoms with Crippen molar-refractivity contribution in [1.29, 1.82) is 0 Å². The van der Waals surface area contributed by atoms with Crippen molar-refractivity contribution < 1.29 is 12.4 Å². The van der Waals surface area contributed by atoms with Gasteiger partial charge in [0, 0.05) is 13.8 Å². The molecule has 0 aliphatic carbocycles. The molecule has 0 saturated heterocycles. The number of hydrogen-bond acceptors (Lipinski definition) is 0. The van der Waals surface area contributed by atoms with Gasteiger partial charge in [0.1, 0.15) is 0 Å². The average molecular weight is 106 g/mol. The third-order valence-corrected chi connectivity index (χ3v) is 0.298. The van der Waals surface area contributed by atoms with Gasteiger partial charge in [-0.1, -0.05) is 0 Å². The molecule has 0 bridgehead atoms. The lowest BCUT2D eigenvalue weighted by Gasteiger charge is -1.31. The molecule has 0 aromatic carbocycles. The number of hydrogen-bond donors (Lipinski definition) is 0. The van der Waals surface area contributed by atoms with Crippen molar-refractivity contribution in [3.63, 3.8) is 0 Å². The van der Waals surface area contributed by atoms with E-state index in [1.54, 1.807) is 12.4 Å². The van der Waals surface area contributed by atoms with E-state index in [2.05, 4.69) is 4.67 Å². The molecule has 0 aromatic rings. The minimum atomic E-state index is 0. The highest BCUT2D eigenvalue weighted by molar-refractivity contribution is 5.62. The molecule has 0 amide bonds. The van der Waals surface area contributed by atoms with Crippen LogP contribution in [-0.4, -0.2) is 12.4 Å². The van der Waals surface area contributed by atoms with Crippen molar-refractivity contribution >= 4 is 12.4 Å². The summed E-state index contributed by atoms with van der Waals surface area (Å²) in [6, 6.07) is 0.